The minimum absolute atomic E-state index is 0.286. The summed E-state index contributed by atoms with van der Waals surface area (Å²) in [4.78, 5) is 14.1. The summed E-state index contributed by atoms with van der Waals surface area (Å²) < 4.78 is 5.15. The van der Waals surface area contributed by atoms with Gasteiger partial charge in [0.05, 0.1) is 23.5 Å². The second-order valence-electron chi connectivity index (χ2n) is 5.83. The third kappa shape index (κ3) is 3.47. The summed E-state index contributed by atoms with van der Waals surface area (Å²) in [6.07, 6.45) is 0. The molecule has 0 bridgehead atoms. The van der Waals surface area contributed by atoms with E-state index >= 15 is 0 Å². The van der Waals surface area contributed by atoms with E-state index < -0.39 is 0 Å². The van der Waals surface area contributed by atoms with Crippen molar-refractivity contribution >= 4 is 34.2 Å². The van der Waals surface area contributed by atoms with Crippen molar-refractivity contribution in [3.05, 3.63) is 77.3 Å². The van der Waals surface area contributed by atoms with Crippen LogP contribution in [0, 0.1) is 0 Å². The average molecular weight is 379 g/mol. The van der Waals surface area contributed by atoms with Crippen molar-refractivity contribution in [3.8, 4) is 11.4 Å². The Kier molecular flexibility index (Phi) is 4.48. The summed E-state index contributed by atoms with van der Waals surface area (Å²) in [5.74, 6) is 0.320. The van der Waals surface area contributed by atoms with Gasteiger partial charge in [-0.05, 0) is 42.5 Å². The van der Waals surface area contributed by atoms with Crippen molar-refractivity contribution < 1.29 is 9.53 Å². The molecule has 1 heterocycles. The number of rotatable bonds is 4. The van der Waals surface area contributed by atoms with Gasteiger partial charge in [0.15, 0.2) is 0 Å². The summed E-state index contributed by atoms with van der Waals surface area (Å²) in [5.41, 5.74) is 3.05. The van der Waals surface area contributed by atoms with Crippen molar-refractivity contribution in [2.24, 2.45) is 0 Å². The predicted octanol–water partition coefficient (Wildman–Crippen LogP) is 4.33. The minimum Gasteiger partial charge on any atom is -0.497 e. The maximum Gasteiger partial charge on any atom is 0.255 e. The van der Waals surface area contributed by atoms with Gasteiger partial charge in [0.25, 0.3) is 5.91 Å². The molecule has 0 saturated heterocycles. The average Bonchev–Trinajstić information content (AvgIpc) is 3.11. The largest absolute Gasteiger partial charge is 0.497 e. The van der Waals surface area contributed by atoms with Gasteiger partial charge in [-0.25, -0.2) is 0 Å². The SMILES string of the molecule is COc1cccc(C(=O)Nc2cc3nn(-c4ccccc4)nc3cc2Cl)c1. The molecular weight excluding hydrogens is 364 g/mol. The summed E-state index contributed by atoms with van der Waals surface area (Å²) >= 11 is 6.33. The van der Waals surface area contributed by atoms with Gasteiger partial charge in [-0.1, -0.05) is 35.9 Å². The molecule has 6 nitrogen and oxygen atoms in total. The number of carbonyl (C=O) groups excluding carboxylic acids is 1. The van der Waals surface area contributed by atoms with Crippen molar-refractivity contribution in [1.82, 2.24) is 15.0 Å². The third-order valence-corrected chi connectivity index (χ3v) is 4.35. The second-order valence-corrected chi connectivity index (χ2v) is 6.24. The van der Waals surface area contributed by atoms with E-state index in [2.05, 4.69) is 15.5 Å². The molecule has 3 aromatic carbocycles. The van der Waals surface area contributed by atoms with Gasteiger partial charge in [0, 0.05) is 5.56 Å². The summed E-state index contributed by atoms with van der Waals surface area (Å²) in [6.45, 7) is 0. The molecular formula is C20H15ClN4O2. The molecule has 134 valence electrons. The molecule has 0 radical (unpaired) electrons. The Hall–Kier alpha value is -3.38. The maximum atomic E-state index is 12.5. The lowest BCUT2D eigenvalue weighted by molar-refractivity contribution is 0.102. The minimum atomic E-state index is -0.286. The van der Waals surface area contributed by atoms with E-state index in [-0.39, 0.29) is 5.91 Å². The molecule has 1 amide bonds. The van der Waals surface area contributed by atoms with Gasteiger partial charge in [0.2, 0.25) is 0 Å². The van der Waals surface area contributed by atoms with Crippen LogP contribution in [-0.2, 0) is 0 Å². The number of nitrogens with one attached hydrogen (secondary N) is 1. The van der Waals surface area contributed by atoms with Crippen molar-refractivity contribution in [2.75, 3.05) is 12.4 Å². The van der Waals surface area contributed by atoms with Gasteiger partial charge in [-0.15, -0.1) is 10.2 Å². The normalized spacial score (nSPS) is 10.7. The van der Waals surface area contributed by atoms with Gasteiger partial charge in [-0.3, -0.25) is 4.79 Å². The molecule has 0 atom stereocenters. The van der Waals surface area contributed by atoms with Crippen LogP contribution in [0.1, 0.15) is 10.4 Å². The van der Waals surface area contributed by atoms with Crippen LogP contribution in [0.2, 0.25) is 5.02 Å². The lowest BCUT2D eigenvalue weighted by atomic mass is 10.2. The van der Waals surface area contributed by atoms with Crippen LogP contribution in [0.4, 0.5) is 5.69 Å². The first-order valence-corrected chi connectivity index (χ1v) is 8.59. The summed E-state index contributed by atoms with van der Waals surface area (Å²) in [6, 6.07) is 19.9. The van der Waals surface area contributed by atoms with Crippen molar-refractivity contribution in [3.63, 3.8) is 0 Å². The number of benzene rings is 3. The fraction of sp³-hybridized carbons (Fsp3) is 0.0500. The second kappa shape index (κ2) is 7.09. The van der Waals surface area contributed by atoms with Crippen LogP contribution >= 0.6 is 11.6 Å². The first-order valence-electron chi connectivity index (χ1n) is 8.21. The van der Waals surface area contributed by atoms with E-state index in [9.17, 15) is 4.79 Å². The quantitative estimate of drug-likeness (QED) is 0.573. The number of hydrogen-bond acceptors (Lipinski definition) is 4. The van der Waals surface area contributed by atoms with Crippen LogP contribution in [0.5, 0.6) is 5.75 Å². The Labute approximate surface area is 160 Å². The van der Waals surface area contributed by atoms with Crippen LogP contribution in [0.3, 0.4) is 0 Å². The zero-order valence-electron chi connectivity index (χ0n) is 14.4. The lowest BCUT2D eigenvalue weighted by Crippen LogP contribution is -2.12. The lowest BCUT2D eigenvalue weighted by Gasteiger charge is -2.08. The summed E-state index contributed by atoms with van der Waals surface area (Å²) in [7, 11) is 1.55. The molecule has 1 N–H and O–H groups in total. The molecule has 4 aromatic rings. The number of hydrogen-bond donors (Lipinski definition) is 1. The van der Waals surface area contributed by atoms with E-state index in [0.29, 0.717) is 33.1 Å². The number of methoxy groups -OCH3 is 1. The third-order valence-electron chi connectivity index (χ3n) is 4.04. The highest BCUT2D eigenvalue weighted by Gasteiger charge is 2.13. The number of fused-ring (bicyclic) bond motifs is 1. The molecule has 27 heavy (non-hydrogen) atoms. The zero-order chi connectivity index (χ0) is 18.8. The molecule has 0 aliphatic rings. The standard InChI is InChI=1S/C20H15ClN4O2/c1-27-15-9-5-6-13(10-15)20(26)22-17-12-19-18(11-16(17)21)23-25(24-19)14-7-3-2-4-8-14/h2-12H,1H3,(H,22,26). The monoisotopic (exact) mass is 378 g/mol. The van der Waals surface area contributed by atoms with E-state index in [0.717, 1.165) is 5.69 Å². The molecule has 0 unspecified atom stereocenters. The number of anilines is 1. The van der Waals surface area contributed by atoms with Gasteiger partial charge < -0.3 is 10.1 Å². The van der Waals surface area contributed by atoms with E-state index in [1.54, 1.807) is 43.5 Å². The topological polar surface area (TPSA) is 69.0 Å². The number of carbonyl (C=O) groups is 1. The van der Waals surface area contributed by atoms with E-state index in [4.69, 9.17) is 16.3 Å². The fourth-order valence-corrected chi connectivity index (χ4v) is 2.87. The summed E-state index contributed by atoms with van der Waals surface area (Å²) in [5, 5.41) is 12.1. The molecule has 0 aliphatic heterocycles. The maximum absolute atomic E-state index is 12.5. The molecule has 0 fully saturated rings. The van der Waals surface area contributed by atoms with Crippen LogP contribution in [-0.4, -0.2) is 28.0 Å². The number of aromatic nitrogens is 3. The number of nitrogens with zero attached hydrogens (tertiary/aromatic N) is 3. The first kappa shape index (κ1) is 17.1. The Morgan fingerprint density at radius 2 is 1.74 bits per heavy atom. The Morgan fingerprint density at radius 1 is 1.00 bits per heavy atom. The molecule has 0 spiro atoms. The first-order chi connectivity index (χ1) is 13.1. The molecule has 7 heteroatoms. The van der Waals surface area contributed by atoms with Gasteiger partial charge in [0.1, 0.15) is 16.8 Å². The molecule has 1 aromatic heterocycles. The van der Waals surface area contributed by atoms with Crippen LogP contribution in [0.25, 0.3) is 16.7 Å². The Bertz CT molecular complexity index is 1130. The predicted molar refractivity (Wildman–Crippen MR) is 105 cm³/mol. The fourth-order valence-electron chi connectivity index (χ4n) is 2.67. The smallest absolute Gasteiger partial charge is 0.255 e. The highest BCUT2D eigenvalue weighted by molar-refractivity contribution is 6.34. The number of halogens is 1. The van der Waals surface area contributed by atoms with Crippen molar-refractivity contribution in [2.45, 2.75) is 0 Å². The van der Waals surface area contributed by atoms with Crippen molar-refractivity contribution in [1.29, 1.82) is 0 Å². The Morgan fingerprint density at radius 3 is 2.48 bits per heavy atom. The molecule has 0 saturated carbocycles. The zero-order valence-corrected chi connectivity index (χ0v) is 15.1. The van der Waals surface area contributed by atoms with Gasteiger partial charge >= 0.3 is 0 Å². The number of ether oxygens (including phenoxy) is 1. The van der Waals surface area contributed by atoms with Gasteiger partial charge in [-0.2, -0.15) is 4.80 Å². The molecule has 4 rings (SSSR count). The van der Waals surface area contributed by atoms with E-state index in [1.807, 2.05) is 30.3 Å². The molecule has 0 aliphatic carbocycles. The Balaban J connectivity index is 1.65. The highest BCUT2D eigenvalue weighted by Crippen LogP contribution is 2.27. The number of amides is 1. The van der Waals surface area contributed by atoms with E-state index in [1.165, 1.54) is 4.80 Å². The van der Waals surface area contributed by atoms with Crippen LogP contribution < -0.4 is 10.1 Å². The number of para-hydroxylation sites is 1. The van der Waals surface area contributed by atoms with Crippen LogP contribution in [0.15, 0.2) is 66.7 Å². The highest BCUT2D eigenvalue weighted by atomic mass is 35.5.